The Morgan fingerprint density at radius 1 is 1.09 bits per heavy atom. The molecule has 3 N–H and O–H groups in total. The number of phenols is 2. The van der Waals surface area contributed by atoms with E-state index in [0.717, 1.165) is 0 Å². The van der Waals surface area contributed by atoms with Gasteiger partial charge in [-0.1, -0.05) is 25.0 Å². The van der Waals surface area contributed by atoms with Crippen LogP contribution < -0.4 is 0 Å². The Kier molecular flexibility index (Phi) is 6.96. The molecule has 0 aliphatic carbocycles. The number of benzene rings is 2. The molecule has 3 rings (SSSR count). The van der Waals surface area contributed by atoms with E-state index >= 15 is 0 Å². The number of sulfonamides is 1. The van der Waals surface area contributed by atoms with Gasteiger partial charge in [-0.15, -0.1) is 5.10 Å². The lowest BCUT2D eigenvalue weighted by atomic mass is 9.98. The van der Waals surface area contributed by atoms with E-state index in [2.05, 4.69) is 10.2 Å². The number of phenolic OH excluding ortho intramolecular Hbond substituents is 2. The van der Waals surface area contributed by atoms with E-state index in [0.29, 0.717) is 11.1 Å². The van der Waals surface area contributed by atoms with E-state index in [4.69, 9.17) is 4.74 Å². The highest BCUT2D eigenvalue weighted by molar-refractivity contribution is 7.89. The SMILES string of the molecule is COCCN(C)S(=O)(=O)c1cc(-n2c(O)nnc2-c2cc(C(C)C)c(O)cc2O)ccc1C. The first-order chi connectivity index (χ1) is 15.5. The van der Waals surface area contributed by atoms with Crippen LogP contribution in [0.25, 0.3) is 17.1 Å². The van der Waals surface area contributed by atoms with Gasteiger partial charge < -0.3 is 20.1 Å². The zero-order valence-corrected chi connectivity index (χ0v) is 20.0. The average Bonchev–Trinajstić information content (AvgIpc) is 3.13. The number of rotatable bonds is 8. The van der Waals surface area contributed by atoms with Gasteiger partial charge >= 0.3 is 6.01 Å². The van der Waals surface area contributed by atoms with Crippen molar-refractivity contribution in [2.45, 2.75) is 31.6 Å². The number of nitrogens with zero attached hydrogens (tertiary/aromatic N) is 4. The Bertz CT molecular complexity index is 1270. The molecule has 0 unspecified atom stereocenters. The van der Waals surface area contributed by atoms with Gasteiger partial charge in [-0.05, 0) is 42.2 Å². The summed E-state index contributed by atoms with van der Waals surface area (Å²) in [6, 6.07) is 6.95. The van der Waals surface area contributed by atoms with E-state index in [-0.39, 0.29) is 52.5 Å². The number of aryl methyl sites for hydroxylation is 1. The predicted molar refractivity (Wildman–Crippen MR) is 122 cm³/mol. The van der Waals surface area contributed by atoms with Crippen LogP contribution in [0.2, 0.25) is 0 Å². The molecule has 0 atom stereocenters. The van der Waals surface area contributed by atoms with Crippen molar-refractivity contribution < 1.29 is 28.5 Å². The Morgan fingerprint density at radius 2 is 1.79 bits per heavy atom. The second kappa shape index (κ2) is 9.38. The van der Waals surface area contributed by atoms with Gasteiger partial charge in [-0.25, -0.2) is 13.0 Å². The Balaban J connectivity index is 2.17. The molecule has 0 radical (unpaired) electrons. The molecule has 0 spiro atoms. The molecule has 2 aromatic carbocycles. The molecule has 10 nitrogen and oxygen atoms in total. The van der Waals surface area contributed by atoms with Crippen molar-refractivity contribution in [3.05, 3.63) is 41.5 Å². The van der Waals surface area contributed by atoms with Crippen LogP contribution in [0.1, 0.15) is 30.9 Å². The fourth-order valence-corrected chi connectivity index (χ4v) is 4.83. The molecular weight excluding hydrogens is 448 g/mol. The molecule has 1 aromatic heterocycles. The third-order valence-electron chi connectivity index (χ3n) is 5.38. The van der Waals surface area contributed by atoms with E-state index in [1.165, 1.54) is 35.2 Å². The van der Waals surface area contributed by atoms with Crippen molar-refractivity contribution in [3.63, 3.8) is 0 Å². The maximum Gasteiger partial charge on any atom is 0.319 e. The largest absolute Gasteiger partial charge is 0.508 e. The first-order valence-electron chi connectivity index (χ1n) is 10.3. The van der Waals surface area contributed by atoms with Gasteiger partial charge in [0.2, 0.25) is 10.0 Å². The molecule has 33 heavy (non-hydrogen) atoms. The zero-order valence-electron chi connectivity index (χ0n) is 19.1. The van der Waals surface area contributed by atoms with E-state index in [9.17, 15) is 23.7 Å². The molecule has 1 heterocycles. The van der Waals surface area contributed by atoms with Crippen molar-refractivity contribution >= 4 is 10.0 Å². The van der Waals surface area contributed by atoms with Crippen molar-refractivity contribution in [3.8, 4) is 34.6 Å². The molecule has 0 saturated heterocycles. The van der Waals surface area contributed by atoms with Gasteiger partial charge in [0.15, 0.2) is 5.82 Å². The van der Waals surface area contributed by atoms with Crippen molar-refractivity contribution in [2.75, 3.05) is 27.3 Å². The van der Waals surface area contributed by atoms with Crippen LogP contribution in [-0.4, -0.2) is 70.1 Å². The van der Waals surface area contributed by atoms with Crippen molar-refractivity contribution in [1.82, 2.24) is 19.1 Å². The van der Waals surface area contributed by atoms with Crippen molar-refractivity contribution in [2.24, 2.45) is 0 Å². The molecule has 0 amide bonds. The smallest absolute Gasteiger partial charge is 0.319 e. The number of methoxy groups -OCH3 is 1. The van der Waals surface area contributed by atoms with Gasteiger partial charge in [0.1, 0.15) is 11.5 Å². The molecular formula is C22H28N4O6S. The van der Waals surface area contributed by atoms with E-state index in [1.807, 2.05) is 13.8 Å². The Labute approximate surface area is 192 Å². The Hall–Kier alpha value is -3.15. The number of ether oxygens (including phenoxy) is 1. The summed E-state index contributed by atoms with van der Waals surface area (Å²) < 4.78 is 33.7. The summed E-state index contributed by atoms with van der Waals surface area (Å²) in [5.41, 5.74) is 1.61. The Morgan fingerprint density at radius 3 is 2.42 bits per heavy atom. The summed E-state index contributed by atoms with van der Waals surface area (Å²) in [5.74, 6) is -0.283. The summed E-state index contributed by atoms with van der Waals surface area (Å²) >= 11 is 0. The van der Waals surface area contributed by atoms with Crippen LogP contribution in [0.3, 0.4) is 0 Å². The van der Waals surface area contributed by atoms with E-state index in [1.54, 1.807) is 25.1 Å². The minimum absolute atomic E-state index is 0.0481. The fraction of sp³-hybridized carbons (Fsp3) is 0.364. The molecule has 0 fully saturated rings. The van der Waals surface area contributed by atoms with Gasteiger partial charge in [-0.2, -0.15) is 4.31 Å². The molecule has 0 saturated carbocycles. The lowest BCUT2D eigenvalue weighted by Gasteiger charge is -2.19. The average molecular weight is 477 g/mol. The summed E-state index contributed by atoms with van der Waals surface area (Å²) in [6.07, 6.45) is 0. The third kappa shape index (κ3) is 4.65. The fourth-order valence-electron chi connectivity index (χ4n) is 3.44. The highest BCUT2D eigenvalue weighted by atomic mass is 32.2. The third-order valence-corrected chi connectivity index (χ3v) is 7.38. The lowest BCUT2D eigenvalue weighted by molar-refractivity contribution is 0.185. The number of aromatic nitrogens is 3. The van der Waals surface area contributed by atoms with Gasteiger partial charge in [0.25, 0.3) is 0 Å². The first kappa shape index (κ1) is 24.5. The molecule has 11 heteroatoms. The zero-order chi connectivity index (χ0) is 24.5. The van der Waals surface area contributed by atoms with Crippen LogP contribution in [0.5, 0.6) is 17.5 Å². The summed E-state index contributed by atoms with van der Waals surface area (Å²) in [7, 11) is -0.888. The minimum atomic E-state index is -3.84. The predicted octanol–water partition coefficient (Wildman–Crippen LogP) is 2.75. The van der Waals surface area contributed by atoms with Crippen LogP contribution in [0, 0.1) is 6.92 Å². The maximum absolute atomic E-state index is 13.1. The highest BCUT2D eigenvalue weighted by Gasteiger charge is 2.25. The first-order valence-corrected chi connectivity index (χ1v) is 11.7. The molecule has 178 valence electrons. The minimum Gasteiger partial charge on any atom is -0.508 e. The second-order valence-corrected chi connectivity index (χ2v) is 10.0. The van der Waals surface area contributed by atoms with Crippen LogP contribution in [0.15, 0.2) is 35.2 Å². The second-order valence-electron chi connectivity index (χ2n) is 8.01. The summed E-state index contributed by atoms with van der Waals surface area (Å²) in [4.78, 5) is 0.0513. The van der Waals surface area contributed by atoms with Gasteiger partial charge in [0, 0.05) is 26.8 Å². The van der Waals surface area contributed by atoms with Crippen LogP contribution >= 0.6 is 0 Å². The number of hydrogen-bond donors (Lipinski definition) is 3. The quantitative estimate of drug-likeness (QED) is 0.451. The lowest BCUT2D eigenvalue weighted by Crippen LogP contribution is -2.30. The van der Waals surface area contributed by atoms with Crippen LogP contribution in [-0.2, 0) is 14.8 Å². The number of likely N-dealkylation sites (N-methyl/N-ethyl adjacent to an activating group) is 1. The molecule has 3 aromatic rings. The van der Waals surface area contributed by atoms with E-state index < -0.39 is 16.0 Å². The monoisotopic (exact) mass is 476 g/mol. The topological polar surface area (TPSA) is 138 Å². The summed E-state index contributed by atoms with van der Waals surface area (Å²) in [5, 5.41) is 38.8. The summed E-state index contributed by atoms with van der Waals surface area (Å²) in [6.45, 7) is 5.85. The number of hydrogen-bond acceptors (Lipinski definition) is 8. The molecule has 0 bridgehead atoms. The standard InChI is InChI=1S/C22H28N4O6S/c1-13(2)16-11-17(19(28)12-18(16)27)21-23-24-22(29)26(21)15-7-6-14(3)20(10-15)33(30,31)25(4)8-9-32-5/h6-7,10-13,27-28H,8-9H2,1-5H3,(H,24,29). The molecule has 0 aliphatic rings. The van der Waals surface area contributed by atoms with Crippen molar-refractivity contribution in [1.29, 1.82) is 0 Å². The highest BCUT2D eigenvalue weighted by Crippen LogP contribution is 2.39. The van der Waals surface area contributed by atoms with Crippen LogP contribution in [0.4, 0.5) is 0 Å². The maximum atomic E-state index is 13.1. The van der Waals surface area contributed by atoms with Gasteiger partial charge in [-0.3, -0.25) is 0 Å². The number of aromatic hydroxyl groups is 3. The van der Waals surface area contributed by atoms with Gasteiger partial charge in [0.05, 0.1) is 22.8 Å². The normalized spacial score (nSPS) is 12.1. The molecule has 0 aliphatic heterocycles.